The molecule has 1 aliphatic carbocycles. The second-order valence-corrected chi connectivity index (χ2v) is 8.93. The van der Waals surface area contributed by atoms with Crippen LogP contribution in [0.5, 0.6) is 17.6 Å². The normalized spacial score (nSPS) is 21.5. The smallest absolute Gasteiger partial charge is 0.408 e. The number of pyridine rings is 1. The molecule has 192 valence electrons. The summed E-state index contributed by atoms with van der Waals surface area (Å²) in [7, 11) is 1.56. The van der Waals surface area contributed by atoms with Crippen LogP contribution in [0.4, 0.5) is 33.6 Å². The maximum Gasteiger partial charge on any atom is 0.408 e. The molecule has 3 atom stereocenters. The van der Waals surface area contributed by atoms with Crippen LogP contribution in [0.15, 0.2) is 36.5 Å². The van der Waals surface area contributed by atoms with Gasteiger partial charge in [-0.3, -0.25) is 0 Å². The molecule has 0 spiro atoms. The molecule has 2 aromatic heterocycles. The molecule has 2 aliphatic rings. The van der Waals surface area contributed by atoms with Crippen LogP contribution in [0.2, 0.25) is 0 Å². The van der Waals surface area contributed by atoms with E-state index in [1.165, 1.54) is 0 Å². The number of hydrogen-bond donors (Lipinski definition) is 1. The summed E-state index contributed by atoms with van der Waals surface area (Å²) in [5, 5.41) is 7.14. The van der Waals surface area contributed by atoms with Crippen molar-refractivity contribution in [3.63, 3.8) is 0 Å². The minimum absolute atomic E-state index is 0.0351. The van der Waals surface area contributed by atoms with Crippen molar-refractivity contribution in [2.24, 2.45) is 11.8 Å². The highest BCUT2D eigenvalue weighted by Crippen LogP contribution is 2.40. The standard InChI is InChI=1S/C23H23F5N6O2/c1-35-19-9-17(4-5-29-19)33-10-13-2-3-14(11-33)20(13)30-21-31-22(34(32-21)12-23(26,27)28)36-18-7-15(24)6-16(25)8-18/h4-9,13-14,20H,2-3,10-12H2,1H3,(H,30,32)/t13-,14+,20-. The second-order valence-electron chi connectivity index (χ2n) is 8.93. The van der Waals surface area contributed by atoms with E-state index in [9.17, 15) is 22.0 Å². The summed E-state index contributed by atoms with van der Waals surface area (Å²) in [6.45, 7) is -0.00295. The van der Waals surface area contributed by atoms with Crippen molar-refractivity contribution in [2.75, 3.05) is 30.4 Å². The van der Waals surface area contributed by atoms with Crippen molar-refractivity contribution in [3.8, 4) is 17.6 Å². The minimum Gasteiger partial charge on any atom is -0.481 e. The van der Waals surface area contributed by atoms with Gasteiger partial charge in [-0.25, -0.2) is 18.4 Å². The zero-order valence-electron chi connectivity index (χ0n) is 19.2. The first kappa shape index (κ1) is 24.1. The van der Waals surface area contributed by atoms with E-state index in [0.717, 1.165) is 43.8 Å². The van der Waals surface area contributed by atoms with Gasteiger partial charge in [0.25, 0.3) is 0 Å². The highest BCUT2D eigenvalue weighted by Gasteiger charge is 2.43. The van der Waals surface area contributed by atoms with Crippen LogP contribution in [0.3, 0.4) is 0 Å². The van der Waals surface area contributed by atoms with Crippen LogP contribution in [0, 0.1) is 23.5 Å². The Morgan fingerprint density at radius 2 is 1.75 bits per heavy atom. The van der Waals surface area contributed by atoms with Crippen LogP contribution in [0.1, 0.15) is 12.8 Å². The monoisotopic (exact) mass is 510 g/mol. The van der Waals surface area contributed by atoms with Gasteiger partial charge < -0.3 is 19.7 Å². The van der Waals surface area contributed by atoms with Gasteiger partial charge >= 0.3 is 12.2 Å². The Morgan fingerprint density at radius 3 is 2.39 bits per heavy atom. The summed E-state index contributed by atoms with van der Waals surface area (Å²) >= 11 is 0. The quantitative estimate of drug-likeness (QED) is 0.464. The zero-order valence-corrected chi connectivity index (χ0v) is 19.2. The molecule has 1 aromatic carbocycles. The van der Waals surface area contributed by atoms with Gasteiger partial charge in [0.2, 0.25) is 11.8 Å². The number of methoxy groups -OCH3 is 1. The number of nitrogens with one attached hydrogen (secondary N) is 1. The number of nitrogens with zero attached hydrogens (tertiary/aromatic N) is 5. The van der Waals surface area contributed by atoms with E-state index in [4.69, 9.17) is 9.47 Å². The predicted octanol–water partition coefficient (Wildman–Crippen LogP) is 4.64. The summed E-state index contributed by atoms with van der Waals surface area (Å²) in [6, 6.07) is 5.55. The summed E-state index contributed by atoms with van der Waals surface area (Å²) in [5.41, 5.74) is 0.989. The van der Waals surface area contributed by atoms with Crippen LogP contribution in [-0.4, -0.2) is 52.2 Å². The lowest BCUT2D eigenvalue weighted by molar-refractivity contribution is -0.143. The third kappa shape index (κ3) is 5.29. The Hall–Kier alpha value is -3.64. The molecule has 13 heteroatoms. The molecule has 8 nitrogen and oxygen atoms in total. The first-order valence-electron chi connectivity index (χ1n) is 11.3. The predicted molar refractivity (Wildman–Crippen MR) is 119 cm³/mol. The average Bonchev–Trinajstić information content (AvgIpc) is 3.26. The Morgan fingerprint density at radius 1 is 1.06 bits per heavy atom. The maximum atomic E-state index is 13.5. The lowest BCUT2D eigenvalue weighted by Gasteiger charge is -2.39. The molecule has 1 saturated carbocycles. The Kier molecular flexibility index (Phi) is 6.31. The summed E-state index contributed by atoms with van der Waals surface area (Å²) in [5.74, 6) is -1.28. The molecular weight excluding hydrogens is 487 g/mol. The number of halogens is 5. The van der Waals surface area contributed by atoms with Gasteiger partial charge in [-0.15, -0.1) is 5.10 Å². The highest BCUT2D eigenvalue weighted by atomic mass is 19.4. The van der Waals surface area contributed by atoms with Crippen LogP contribution >= 0.6 is 0 Å². The minimum atomic E-state index is -4.60. The second kappa shape index (κ2) is 9.43. The Labute approximate surface area is 203 Å². The number of rotatable bonds is 7. The number of aromatic nitrogens is 4. The molecule has 2 fully saturated rings. The first-order valence-corrected chi connectivity index (χ1v) is 11.3. The zero-order chi connectivity index (χ0) is 25.4. The summed E-state index contributed by atoms with van der Waals surface area (Å²) < 4.78 is 77.6. The van der Waals surface area contributed by atoms with Crippen molar-refractivity contribution in [1.82, 2.24) is 19.7 Å². The van der Waals surface area contributed by atoms with Gasteiger partial charge in [-0.05, 0) is 30.7 Å². The third-order valence-electron chi connectivity index (χ3n) is 6.43. The van der Waals surface area contributed by atoms with Gasteiger partial charge in [-0.2, -0.15) is 18.2 Å². The van der Waals surface area contributed by atoms with E-state index >= 15 is 0 Å². The lowest BCUT2D eigenvalue weighted by Crippen LogP contribution is -2.48. The fourth-order valence-corrected chi connectivity index (χ4v) is 4.96. The topological polar surface area (TPSA) is 77.3 Å². The molecule has 0 radical (unpaired) electrons. The van der Waals surface area contributed by atoms with Crippen molar-refractivity contribution in [2.45, 2.75) is 31.6 Å². The first-order chi connectivity index (χ1) is 17.2. The van der Waals surface area contributed by atoms with Gasteiger partial charge in [-0.1, -0.05) is 0 Å². The van der Waals surface area contributed by atoms with Crippen molar-refractivity contribution in [1.29, 1.82) is 0 Å². The van der Waals surface area contributed by atoms with Gasteiger partial charge in [0.15, 0.2) is 0 Å². The maximum absolute atomic E-state index is 13.5. The van der Waals surface area contributed by atoms with Crippen molar-refractivity contribution < 1.29 is 31.4 Å². The van der Waals surface area contributed by atoms with Crippen LogP contribution < -0.4 is 19.7 Å². The molecular formula is C23H23F5N6O2. The molecule has 1 N–H and O–H groups in total. The fourth-order valence-electron chi connectivity index (χ4n) is 4.96. The van der Waals surface area contributed by atoms with Gasteiger partial charge in [0, 0.05) is 55.3 Å². The van der Waals surface area contributed by atoms with E-state index in [1.54, 1.807) is 13.3 Å². The molecule has 3 aromatic rings. The number of piperidine rings is 1. The van der Waals surface area contributed by atoms with E-state index in [0.29, 0.717) is 16.6 Å². The largest absolute Gasteiger partial charge is 0.481 e. The number of anilines is 2. The summed E-state index contributed by atoms with van der Waals surface area (Å²) in [6.07, 6.45) is -1.04. The van der Waals surface area contributed by atoms with Crippen LogP contribution in [-0.2, 0) is 6.54 Å². The SMILES string of the molecule is COc1cc(N2C[C@H]3CC[C@@H](C2)[C@@H]3Nc2nc(Oc3cc(F)cc(F)c3)n(CC(F)(F)F)n2)ccn1. The van der Waals surface area contributed by atoms with Crippen LogP contribution in [0.25, 0.3) is 0 Å². The van der Waals surface area contributed by atoms with Crippen molar-refractivity contribution in [3.05, 3.63) is 48.2 Å². The molecule has 0 unspecified atom stereocenters. The number of benzene rings is 1. The highest BCUT2D eigenvalue weighted by molar-refractivity contribution is 5.49. The third-order valence-corrected chi connectivity index (χ3v) is 6.43. The van der Waals surface area contributed by atoms with E-state index < -0.39 is 30.4 Å². The Balaban J connectivity index is 1.34. The van der Waals surface area contributed by atoms with Crippen molar-refractivity contribution >= 4 is 11.6 Å². The molecule has 1 saturated heterocycles. The molecule has 2 bridgehead atoms. The molecule has 3 heterocycles. The summed E-state index contributed by atoms with van der Waals surface area (Å²) in [4.78, 5) is 10.5. The van der Waals surface area contributed by atoms with E-state index in [2.05, 4.69) is 25.3 Å². The average molecular weight is 510 g/mol. The Bertz CT molecular complexity index is 1200. The fraction of sp³-hybridized carbons (Fsp3) is 0.435. The molecule has 36 heavy (non-hydrogen) atoms. The van der Waals surface area contributed by atoms with E-state index in [-0.39, 0.29) is 29.6 Å². The number of ether oxygens (including phenoxy) is 2. The van der Waals surface area contributed by atoms with Gasteiger partial charge in [0.05, 0.1) is 7.11 Å². The number of alkyl halides is 3. The molecule has 1 aliphatic heterocycles. The molecule has 0 amide bonds. The van der Waals surface area contributed by atoms with E-state index in [1.807, 2.05) is 12.1 Å². The number of fused-ring (bicyclic) bond motifs is 2. The lowest BCUT2D eigenvalue weighted by atomic mass is 9.92. The molecule has 5 rings (SSSR count). The number of hydrogen-bond acceptors (Lipinski definition) is 7. The van der Waals surface area contributed by atoms with Gasteiger partial charge in [0.1, 0.15) is 23.9 Å².